The molecule has 1 aromatic carbocycles. The Morgan fingerprint density at radius 2 is 1.21 bits per heavy atom. The number of rotatable bonds is 10. The van der Waals surface area contributed by atoms with Gasteiger partial charge in [0.25, 0.3) is 5.88 Å². The van der Waals surface area contributed by atoms with Crippen molar-refractivity contribution in [3.05, 3.63) is 54.5 Å². The molecule has 56 heavy (non-hydrogen) atoms. The van der Waals surface area contributed by atoms with E-state index in [2.05, 4.69) is 35.6 Å². The number of carbonyl (C=O) groups excluding carboxylic acids is 4. The van der Waals surface area contributed by atoms with Crippen molar-refractivity contribution in [2.24, 2.45) is 11.8 Å². The third-order valence-electron chi connectivity index (χ3n) is 10.5. The number of aromatic amines is 2. The van der Waals surface area contributed by atoms with Crippen LogP contribution in [0.1, 0.15) is 77.1 Å². The summed E-state index contributed by atoms with van der Waals surface area (Å²) in [5.74, 6) is 2.40. The molecule has 0 bridgehead atoms. The Morgan fingerprint density at radius 1 is 0.696 bits per heavy atom. The van der Waals surface area contributed by atoms with Gasteiger partial charge in [0.05, 0.1) is 50.1 Å². The van der Waals surface area contributed by atoms with Crippen molar-refractivity contribution in [2.75, 3.05) is 27.3 Å². The highest BCUT2D eigenvalue weighted by Crippen LogP contribution is 2.46. The zero-order valence-corrected chi connectivity index (χ0v) is 32.3. The van der Waals surface area contributed by atoms with Crippen molar-refractivity contribution >= 4 is 24.0 Å². The van der Waals surface area contributed by atoms with Gasteiger partial charge in [-0.05, 0) is 61.8 Å². The SMILES string of the molecule is COC(=O)N[C@H](C(=O)N1CCC[C@H]1c1ncc(-c2ccc3c(c2)Oc2ncc(-c4cnc([C@@H]5CCCN5C(=O)[C@@H](NC(=O)OC)C(C)C)[nH]4)cc2O3)[nH]1)C(C)C. The number of alkyl carbamates (subject to hydrolysis) is 2. The monoisotopic (exact) mass is 769 g/mol. The van der Waals surface area contributed by atoms with Crippen molar-refractivity contribution in [1.82, 2.24) is 45.4 Å². The number of imidazole rings is 2. The molecule has 4 amide bonds. The van der Waals surface area contributed by atoms with Crippen LogP contribution in [-0.2, 0) is 19.1 Å². The van der Waals surface area contributed by atoms with E-state index < -0.39 is 24.3 Å². The van der Waals surface area contributed by atoms with Gasteiger partial charge in [0.1, 0.15) is 23.7 Å². The molecule has 17 heteroatoms. The first kappa shape index (κ1) is 38.2. The van der Waals surface area contributed by atoms with Crippen LogP contribution < -0.4 is 20.1 Å². The van der Waals surface area contributed by atoms with E-state index in [1.54, 1.807) is 28.4 Å². The lowest BCUT2D eigenvalue weighted by molar-refractivity contribution is -0.136. The second-order valence-electron chi connectivity index (χ2n) is 14.9. The van der Waals surface area contributed by atoms with Crippen LogP contribution in [0.4, 0.5) is 9.59 Å². The van der Waals surface area contributed by atoms with Gasteiger partial charge in [0, 0.05) is 30.4 Å². The van der Waals surface area contributed by atoms with E-state index in [0.29, 0.717) is 53.6 Å². The van der Waals surface area contributed by atoms with Crippen molar-refractivity contribution in [3.8, 4) is 45.6 Å². The Morgan fingerprint density at radius 3 is 1.73 bits per heavy atom. The van der Waals surface area contributed by atoms with E-state index in [4.69, 9.17) is 18.9 Å². The molecule has 3 aromatic heterocycles. The van der Waals surface area contributed by atoms with Crippen LogP contribution >= 0.6 is 0 Å². The van der Waals surface area contributed by atoms with E-state index in [1.807, 2.05) is 52.0 Å². The molecular formula is C39H47N9O8. The number of hydrogen-bond acceptors (Lipinski definition) is 11. The smallest absolute Gasteiger partial charge is 0.407 e. The van der Waals surface area contributed by atoms with Gasteiger partial charge in [-0.3, -0.25) is 9.59 Å². The zero-order chi connectivity index (χ0) is 39.7. The highest BCUT2D eigenvalue weighted by molar-refractivity contribution is 5.87. The number of methoxy groups -OCH3 is 2. The highest BCUT2D eigenvalue weighted by atomic mass is 16.6. The quantitative estimate of drug-likeness (QED) is 0.133. The van der Waals surface area contributed by atoms with Crippen LogP contribution in [0.25, 0.3) is 22.5 Å². The second-order valence-corrected chi connectivity index (χ2v) is 14.9. The van der Waals surface area contributed by atoms with Crippen LogP contribution in [0.15, 0.2) is 42.9 Å². The van der Waals surface area contributed by atoms with Gasteiger partial charge in [-0.15, -0.1) is 0 Å². The average Bonchev–Trinajstić information content (AvgIpc) is 4.03. The van der Waals surface area contributed by atoms with Gasteiger partial charge in [0.2, 0.25) is 11.8 Å². The second kappa shape index (κ2) is 15.9. The van der Waals surface area contributed by atoms with E-state index in [1.165, 1.54) is 14.2 Å². The number of nitrogens with zero attached hydrogens (tertiary/aromatic N) is 5. The lowest BCUT2D eigenvalue weighted by atomic mass is 10.0. The fourth-order valence-corrected chi connectivity index (χ4v) is 7.48. The number of amides is 4. The van der Waals surface area contributed by atoms with Gasteiger partial charge in [-0.25, -0.2) is 24.5 Å². The average molecular weight is 770 g/mol. The standard InChI is InChI=1S/C39H47N9O8/c1-20(2)31(45-38(51)53-5)36(49)47-13-7-9-26(47)33-40-18-24(43-33)22-11-12-28-29(15-22)56-35-30(55-28)16-23(17-42-35)25-19-41-34(44-25)27-10-8-14-48(27)37(50)32(21(3)4)46-39(52)54-6/h11-12,15-21,26-27,31-32H,7-10,13-14H2,1-6H3,(H,40,43)(H,41,44)(H,45,51)(H,46,52)/t26-,27-,31-,32-/m0/s1. The first-order chi connectivity index (χ1) is 26.9. The molecule has 3 aliphatic rings. The van der Waals surface area contributed by atoms with Crippen molar-refractivity contribution in [2.45, 2.75) is 77.5 Å². The van der Waals surface area contributed by atoms with Gasteiger partial charge in [0.15, 0.2) is 17.2 Å². The van der Waals surface area contributed by atoms with Gasteiger partial charge in [-0.2, -0.15) is 0 Å². The molecule has 7 rings (SSSR count). The lowest BCUT2D eigenvalue weighted by Gasteiger charge is -2.30. The molecule has 296 valence electrons. The summed E-state index contributed by atoms with van der Waals surface area (Å²) in [4.78, 5) is 75.2. The number of carbonyl (C=O) groups is 4. The number of aromatic nitrogens is 5. The van der Waals surface area contributed by atoms with Gasteiger partial charge in [-0.1, -0.05) is 27.7 Å². The number of H-pyrrole nitrogens is 2. The summed E-state index contributed by atoms with van der Waals surface area (Å²) in [5.41, 5.74) is 2.97. The third-order valence-corrected chi connectivity index (χ3v) is 10.5. The number of likely N-dealkylation sites (tertiary alicyclic amines) is 2. The maximum Gasteiger partial charge on any atom is 0.407 e. The first-order valence-corrected chi connectivity index (χ1v) is 18.9. The van der Waals surface area contributed by atoms with Crippen molar-refractivity contribution < 1.29 is 38.1 Å². The summed E-state index contributed by atoms with van der Waals surface area (Å²) in [5, 5.41) is 5.35. The summed E-state index contributed by atoms with van der Waals surface area (Å²) in [7, 11) is 2.55. The first-order valence-electron chi connectivity index (χ1n) is 18.9. The lowest BCUT2D eigenvalue weighted by Crippen LogP contribution is -2.51. The molecule has 17 nitrogen and oxygen atoms in total. The summed E-state index contributed by atoms with van der Waals surface area (Å²) in [6.07, 6.45) is 6.89. The Labute approximate surface area is 323 Å². The van der Waals surface area contributed by atoms with E-state index in [-0.39, 0.29) is 35.7 Å². The number of pyridine rings is 1. The minimum Gasteiger partial charge on any atom is -0.453 e. The highest BCUT2D eigenvalue weighted by Gasteiger charge is 2.39. The van der Waals surface area contributed by atoms with Crippen molar-refractivity contribution in [3.63, 3.8) is 0 Å². The van der Waals surface area contributed by atoms with Crippen LogP contribution in [0.2, 0.25) is 0 Å². The summed E-state index contributed by atoms with van der Waals surface area (Å²) in [6.45, 7) is 8.63. The molecule has 4 atom stereocenters. The Kier molecular flexibility index (Phi) is 10.8. The molecule has 4 N–H and O–H groups in total. The number of ether oxygens (including phenoxy) is 4. The predicted molar refractivity (Wildman–Crippen MR) is 202 cm³/mol. The van der Waals surface area contributed by atoms with Crippen molar-refractivity contribution in [1.29, 1.82) is 0 Å². The normalized spacial score (nSPS) is 18.4. The fraction of sp³-hybridized carbons (Fsp3) is 0.462. The maximum absolute atomic E-state index is 13.6. The maximum atomic E-state index is 13.6. The molecule has 3 aliphatic heterocycles. The topological polar surface area (TPSA) is 206 Å². The molecule has 0 aliphatic carbocycles. The Bertz CT molecular complexity index is 1960. The van der Waals surface area contributed by atoms with E-state index in [0.717, 1.165) is 42.5 Å². The largest absolute Gasteiger partial charge is 0.453 e. The van der Waals surface area contributed by atoms with E-state index >= 15 is 0 Å². The van der Waals surface area contributed by atoms with Crippen LogP contribution in [0.5, 0.6) is 23.1 Å². The third kappa shape index (κ3) is 7.57. The minimum absolute atomic E-state index is 0.133. The van der Waals surface area contributed by atoms with E-state index in [9.17, 15) is 19.2 Å². The summed E-state index contributed by atoms with van der Waals surface area (Å²) in [6, 6.07) is 5.39. The number of nitrogens with one attached hydrogen (secondary N) is 4. The predicted octanol–water partition coefficient (Wildman–Crippen LogP) is 5.85. The molecule has 0 radical (unpaired) electrons. The van der Waals surface area contributed by atoms with Crippen LogP contribution in [0.3, 0.4) is 0 Å². The zero-order valence-electron chi connectivity index (χ0n) is 32.3. The van der Waals surface area contributed by atoms with Gasteiger partial charge >= 0.3 is 12.2 Å². The molecule has 4 aromatic rings. The molecule has 2 saturated heterocycles. The van der Waals surface area contributed by atoms with Gasteiger partial charge < -0.3 is 49.3 Å². The number of hydrogen-bond donors (Lipinski definition) is 4. The Hall–Kier alpha value is -6.13. The van der Waals surface area contributed by atoms with Crippen LogP contribution in [-0.4, -0.2) is 98.1 Å². The molecule has 2 fully saturated rings. The Balaban J connectivity index is 1.03. The molecule has 0 spiro atoms. The molecule has 6 heterocycles. The number of fused-ring (bicyclic) bond motifs is 2. The summed E-state index contributed by atoms with van der Waals surface area (Å²) < 4.78 is 22.0. The molecule has 0 saturated carbocycles. The fourth-order valence-electron chi connectivity index (χ4n) is 7.48. The molecular weight excluding hydrogens is 722 g/mol. The number of benzene rings is 1. The molecule has 0 unspecified atom stereocenters. The minimum atomic E-state index is -0.725. The van der Waals surface area contributed by atoms with Crippen LogP contribution in [0, 0.1) is 11.8 Å². The summed E-state index contributed by atoms with van der Waals surface area (Å²) >= 11 is 0.